The summed E-state index contributed by atoms with van der Waals surface area (Å²) in [5, 5.41) is 3.58. The van der Waals surface area contributed by atoms with Crippen LogP contribution < -0.4 is 10.9 Å². The van der Waals surface area contributed by atoms with Gasteiger partial charge in [0.15, 0.2) is 0 Å². The molecule has 1 unspecified atom stereocenters. The van der Waals surface area contributed by atoms with Crippen LogP contribution in [0.4, 0.5) is 0 Å². The molecule has 0 aliphatic carbocycles. The first-order valence-corrected chi connectivity index (χ1v) is 10.3. The summed E-state index contributed by atoms with van der Waals surface area (Å²) in [5.74, 6) is -0.237. The van der Waals surface area contributed by atoms with Gasteiger partial charge in [0, 0.05) is 9.90 Å². The highest BCUT2D eigenvalue weighted by atomic mass is 35.5. The van der Waals surface area contributed by atoms with E-state index in [0.29, 0.717) is 15.2 Å². The van der Waals surface area contributed by atoms with Crippen molar-refractivity contribution >= 4 is 39.1 Å². The summed E-state index contributed by atoms with van der Waals surface area (Å²) in [5.41, 5.74) is 2.38. The Labute approximate surface area is 176 Å². The average molecular weight is 424 g/mol. The van der Waals surface area contributed by atoms with E-state index in [1.165, 1.54) is 22.2 Å². The van der Waals surface area contributed by atoms with Crippen LogP contribution in [0.15, 0.2) is 71.8 Å². The maximum atomic E-state index is 12.9. The summed E-state index contributed by atoms with van der Waals surface area (Å²) in [6.07, 6.45) is 1.43. The number of aromatic nitrogens is 2. The lowest BCUT2D eigenvalue weighted by atomic mass is 10.1. The molecular formula is C22H18ClN3O2S. The summed E-state index contributed by atoms with van der Waals surface area (Å²) < 4.78 is 1.87. The van der Waals surface area contributed by atoms with E-state index >= 15 is 0 Å². The Bertz CT molecular complexity index is 1220. The highest BCUT2D eigenvalue weighted by molar-refractivity contribution is 7.22. The Hall–Kier alpha value is -2.96. The molecule has 29 heavy (non-hydrogen) atoms. The smallest absolute Gasteiger partial charge is 0.271 e. The van der Waals surface area contributed by atoms with Gasteiger partial charge in [0.05, 0.1) is 17.9 Å². The zero-order valence-electron chi connectivity index (χ0n) is 15.6. The number of carbonyl (C=O) groups excluding carboxylic acids is 1. The van der Waals surface area contributed by atoms with Gasteiger partial charge in [-0.2, -0.15) is 0 Å². The number of carbonyl (C=O) groups is 1. The number of nitrogens with zero attached hydrogens (tertiary/aromatic N) is 2. The second-order valence-electron chi connectivity index (χ2n) is 6.71. The van der Waals surface area contributed by atoms with E-state index in [9.17, 15) is 9.59 Å². The molecule has 2 aromatic heterocycles. The summed E-state index contributed by atoms with van der Waals surface area (Å²) in [6.45, 7) is 1.84. The quantitative estimate of drug-likeness (QED) is 0.508. The molecule has 2 aromatic carbocycles. The lowest BCUT2D eigenvalue weighted by Gasteiger charge is -2.14. The molecule has 0 saturated carbocycles. The number of rotatable bonds is 5. The van der Waals surface area contributed by atoms with Crippen LogP contribution in [0.3, 0.4) is 0 Å². The van der Waals surface area contributed by atoms with Gasteiger partial charge in [0.2, 0.25) is 5.91 Å². The maximum absolute atomic E-state index is 12.9. The summed E-state index contributed by atoms with van der Waals surface area (Å²) in [4.78, 5) is 30.6. The van der Waals surface area contributed by atoms with E-state index < -0.39 is 0 Å². The Kier molecular flexibility index (Phi) is 5.47. The van der Waals surface area contributed by atoms with Crippen molar-refractivity contribution in [3.05, 3.63) is 87.9 Å². The van der Waals surface area contributed by atoms with Crippen molar-refractivity contribution in [1.82, 2.24) is 14.9 Å². The van der Waals surface area contributed by atoms with Crippen LogP contribution in [0.5, 0.6) is 0 Å². The first-order chi connectivity index (χ1) is 14.0. The SMILES string of the molecule is CC(NC(=O)Cn1cnc2cc(-c3ccc(Cl)cc3)sc2c1=O)c1ccccc1. The number of nitrogens with one attached hydrogen (secondary N) is 1. The molecule has 0 spiro atoms. The summed E-state index contributed by atoms with van der Waals surface area (Å²) >= 11 is 7.31. The molecule has 0 bridgehead atoms. The molecule has 0 radical (unpaired) electrons. The standard InChI is InChI=1S/C22H18ClN3O2S/c1-14(15-5-3-2-4-6-15)25-20(27)12-26-13-24-18-11-19(29-21(18)22(26)28)16-7-9-17(23)10-8-16/h2-11,13-14H,12H2,1H3,(H,25,27). The van der Waals surface area contributed by atoms with E-state index in [1.807, 2.05) is 67.6 Å². The van der Waals surface area contributed by atoms with Crippen molar-refractivity contribution in [1.29, 1.82) is 0 Å². The molecule has 1 N–H and O–H groups in total. The second kappa shape index (κ2) is 8.19. The van der Waals surface area contributed by atoms with Gasteiger partial charge in [-0.1, -0.05) is 54.1 Å². The highest BCUT2D eigenvalue weighted by Crippen LogP contribution is 2.31. The van der Waals surface area contributed by atoms with Gasteiger partial charge in [-0.15, -0.1) is 11.3 Å². The first kappa shape index (κ1) is 19.4. The van der Waals surface area contributed by atoms with E-state index in [-0.39, 0.29) is 24.1 Å². The number of benzene rings is 2. The number of thiophene rings is 1. The predicted molar refractivity (Wildman–Crippen MR) is 117 cm³/mol. The monoisotopic (exact) mass is 423 g/mol. The van der Waals surface area contributed by atoms with Gasteiger partial charge < -0.3 is 5.32 Å². The third kappa shape index (κ3) is 4.23. The lowest BCUT2D eigenvalue weighted by Crippen LogP contribution is -2.33. The van der Waals surface area contributed by atoms with Crippen LogP contribution >= 0.6 is 22.9 Å². The van der Waals surface area contributed by atoms with Gasteiger partial charge in [-0.25, -0.2) is 4.98 Å². The summed E-state index contributed by atoms with van der Waals surface area (Å²) in [7, 11) is 0. The fourth-order valence-corrected chi connectivity index (χ4v) is 4.27. The number of amides is 1. The molecule has 0 fully saturated rings. The van der Waals surface area contributed by atoms with Crippen LogP contribution in [0.2, 0.25) is 5.02 Å². The lowest BCUT2D eigenvalue weighted by molar-refractivity contribution is -0.122. The normalized spacial score (nSPS) is 12.1. The largest absolute Gasteiger partial charge is 0.348 e. The third-order valence-electron chi connectivity index (χ3n) is 4.62. The van der Waals surface area contributed by atoms with Crippen molar-refractivity contribution in [2.24, 2.45) is 0 Å². The molecule has 0 saturated heterocycles. The molecule has 0 aliphatic heterocycles. The maximum Gasteiger partial charge on any atom is 0.271 e. The van der Waals surface area contributed by atoms with Crippen molar-refractivity contribution in [2.75, 3.05) is 0 Å². The first-order valence-electron chi connectivity index (χ1n) is 9.10. The highest BCUT2D eigenvalue weighted by Gasteiger charge is 2.14. The van der Waals surface area contributed by atoms with Gasteiger partial charge in [-0.3, -0.25) is 14.2 Å². The molecule has 4 aromatic rings. The van der Waals surface area contributed by atoms with Gasteiger partial charge in [0.1, 0.15) is 11.2 Å². The Morgan fingerprint density at radius 2 is 1.90 bits per heavy atom. The van der Waals surface area contributed by atoms with Crippen LogP contribution in [0.1, 0.15) is 18.5 Å². The minimum absolute atomic E-state index is 0.0763. The number of halogens is 1. The number of hydrogen-bond donors (Lipinski definition) is 1. The minimum Gasteiger partial charge on any atom is -0.348 e. The molecule has 1 amide bonds. The molecular weight excluding hydrogens is 406 g/mol. The van der Waals surface area contributed by atoms with Crippen molar-refractivity contribution < 1.29 is 4.79 Å². The molecule has 1 atom stereocenters. The molecule has 5 nitrogen and oxygen atoms in total. The zero-order valence-corrected chi connectivity index (χ0v) is 17.2. The molecule has 4 rings (SSSR count). The Morgan fingerprint density at radius 1 is 1.17 bits per heavy atom. The van der Waals surface area contributed by atoms with Crippen LogP contribution in [-0.4, -0.2) is 15.5 Å². The Balaban J connectivity index is 1.55. The fourth-order valence-electron chi connectivity index (χ4n) is 3.08. The Morgan fingerprint density at radius 3 is 2.62 bits per heavy atom. The van der Waals surface area contributed by atoms with E-state index in [2.05, 4.69) is 10.3 Å². The van der Waals surface area contributed by atoms with Crippen molar-refractivity contribution in [2.45, 2.75) is 19.5 Å². The minimum atomic E-state index is -0.237. The number of hydrogen-bond acceptors (Lipinski definition) is 4. The number of fused-ring (bicyclic) bond motifs is 1. The molecule has 146 valence electrons. The fraction of sp³-hybridized carbons (Fsp3) is 0.136. The molecule has 2 heterocycles. The van der Waals surface area contributed by atoms with E-state index in [4.69, 9.17) is 11.6 Å². The van der Waals surface area contributed by atoms with Crippen LogP contribution in [0, 0.1) is 0 Å². The van der Waals surface area contributed by atoms with E-state index in [0.717, 1.165) is 16.0 Å². The average Bonchev–Trinajstić information content (AvgIpc) is 3.16. The topological polar surface area (TPSA) is 64.0 Å². The molecule has 7 heteroatoms. The van der Waals surface area contributed by atoms with Crippen LogP contribution in [-0.2, 0) is 11.3 Å². The van der Waals surface area contributed by atoms with Gasteiger partial charge >= 0.3 is 0 Å². The molecule has 0 aliphatic rings. The second-order valence-corrected chi connectivity index (χ2v) is 8.20. The van der Waals surface area contributed by atoms with E-state index in [1.54, 1.807) is 0 Å². The van der Waals surface area contributed by atoms with Crippen molar-refractivity contribution in [3.63, 3.8) is 0 Å². The van der Waals surface area contributed by atoms with Gasteiger partial charge in [-0.05, 0) is 36.2 Å². The van der Waals surface area contributed by atoms with Crippen LogP contribution in [0.25, 0.3) is 20.7 Å². The van der Waals surface area contributed by atoms with Gasteiger partial charge in [0.25, 0.3) is 5.56 Å². The predicted octanol–water partition coefficient (Wildman–Crippen LogP) is 4.66. The zero-order chi connectivity index (χ0) is 20.4. The van der Waals surface area contributed by atoms with Crippen molar-refractivity contribution in [3.8, 4) is 10.4 Å². The summed E-state index contributed by atoms with van der Waals surface area (Å²) in [6, 6.07) is 18.9. The third-order valence-corrected chi connectivity index (χ3v) is 6.04.